The fraction of sp³-hybridized carbons (Fsp3) is 0.0455. The summed E-state index contributed by atoms with van der Waals surface area (Å²) in [6.07, 6.45) is 1.38. The number of hydrogen-bond donors (Lipinski definition) is 1. The number of para-hydroxylation sites is 2. The van der Waals surface area contributed by atoms with E-state index in [0.717, 1.165) is 5.69 Å². The zero-order valence-electron chi connectivity index (χ0n) is 15.3. The summed E-state index contributed by atoms with van der Waals surface area (Å²) in [6, 6.07) is 17.2. The summed E-state index contributed by atoms with van der Waals surface area (Å²) in [5.41, 5.74) is 1.56. The molecule has 0 radical (unpaired) electrons. The van der Waals surface area contributed by atoms with E-state index in [1.165, 1.54) is 10.6 Å². The normalized spacial score (nSPS) is 11.8. The highest BCUT2D eigenvalue weighted by atomic mass is 35.5. The predicted octanol–water partition coefficient (Wildman–Crippen LogP) is 5.45. The molecule has 7 heteroatoms. The van der Waals surface area contributed by atoms with Gasteiger partial charge in [-0.1, -0.05) is 47.5 Å². The van der Waals surface area contributed by atoms with Gasteiger partial charge in [0.1, 0.15) is 17.3 Å². The molecule has 0 saturated carbocycles. The van der Waals surface area contributed by atoms with Crippen LogP contribution in [-0.2, 0) is 0 Å². The van der Waals surface area contributed by atoms with E-state index < -0.39 is 0 Å². The van der Waals surface area contributed by atoms with E-state index in [1.807, 2.05) is 13.0 Å². The van der Waals surface area contributed by atoms with Crippen LogP contribution in [0.2, 0.25) is 10.0 Å². The van der Waals surface area contributed by atoms with Crippen LogP contribution in [0.3, 0.4) is 0 Å². The maximum absolute atomic E-state index is 13.3. The second-order valence-electron chi connectivity index (χ2n) is 6.39. The monoisotopic (exact) mass is 423 g/mol. The van der Waals surface area contributed by atoms with Gasteiger partial charge in [-0.15, -0.1) is 0 Å². The van der Waals surface area contributed by atoms with Crippen LogP contribution in [0.5, 0.6) is 0 Å². The first-order valence-electron chi connectivity index (χ1n) is 8.76. The molecule has 144 valence electrons. The van der Waals surface area contributed by atoms with Crippen molar-refractivity contribution in [3.63, 3.8) is 0 Å². The maximum atomic E-state index is 13.3. The lowest BCUT2D eigenvalue weighted by Gasteiger charge is -2.14. The largest absolute Gasteiger partial charge is 0.506 e. The van der Waals surface area contributed by atoms with E-state index in [9.17, 15) is 9.90 Å². The number of aryl methyl sites for hydroxylation is 1. The number of pyridine rings is 1. The van der Waals surface area contributed by atoms with Crippen LogP contribution in [0.1, 0.15) is 17.2 Å². The SMILES string of the molecule is Cc1cccc(C(O)=Cc2nc3ccccc3c(=O)n2-c2c(Cl)cccc2Cl)n1. The number of nitrogens with zero attached hydrogens (tertiary/aromatic N) is 3. The molecule has 0 aliphatic heterocycles. The number of aliphatic hydroxyl groups is 1. The van der Waals surface area contributed by atoms with Gasteiger partial charge in [0.05, 0.1) is 26.6 Å². The minimum atomic E-state index is -0.346. The number of aliphatic hydroxyl groups excluding tert-OH is 1. The quantitative estimate of drug-likeness (QED) is 0.444. The van der Waals surface area contributed by atoms with Crippen molar-refractivity contribution in [2.75, 3.05) is 0 Å². The van der Waals surface area contributed by atoms with Gasteiger partial charge in [0, 0.05) is 11.8 Å². The molecule has 1 N–H and O–H groups in total. The molecule has 2 heterocycles. The van der Waals surface area contributed by atoms with Gasteiger partial charge >= 0.3 is 0 Å². The fourth-order valence-electron chi connectivity index (χ4n) is 3.05. The summed E-state index contributed by atoms with van der Waals surface area (Å²) in [4.78, 5) is 22.2. The second-order valence-corrected chi connectivity index (χ2v) is 7.21. The summed E-state index contributed by atoms with van der Waals surface area (Å²) < 4.78 is 1.30. The Bertz CT molecular complexity index is 1310. The first-order chi connectivity index (χ1) is 14.0. The van der Waals surface area contributed by atoms with Crippen LogP contribution < -0.4 is 5.56 Å². The minimum Gasteiger partial charge on any atom is -0.506 e. The van der Waals surface area contributed by atoms with Crippen molar-refractivity contribution < 1.29 is 5.11 Å². The average Bonchev–Trinajstić information content (AvgIpc) is 2.70. The third-order valence-electron chi connectivity index (χ3n) is 4.38. The Hall–Kier alpha value is -3.15. The molecule has 5 nitrogen and oxygen atoms in total. The van der Waals surface area contributed by atoms with Crippen molar-refractivity contribution in [3.8, 4) is 5.69 Å². The summed E-state index contributed by atoms with van der Waals surface area (Å²) in [5.74, 6) is 0.0531. The topological polar surface area (TPSA) is 68.0 Å². The number of benzene rings is 2. The third-order valence-corrected chi connectivity index (χ3v) is 4.99. The molecule has 0 bridgehead atoms. The Labute approximate surface area is 176 Å². The van der Waals surface area contributed by atoms with E-state index in [2.05, 4.69) is 9.97 Å². The van der Waals surface area contributed by atoms with Crippen LogP contribution in [0.15, 0.2) is 65.5 Å². The number of fused-ring (bicyclic) bond motifs is 1. The third kappa shape index (κ3) is 3.62. The van der Waals surface area contributed by atoms with Crippen molar-refractivity contribution in [3.05, 3.63) is 98.3 Å². The molecule has 2 aromatic carbocycles. The molecule has 0 unspecified atom stereocenters. The Kier molecular flexibility index (Phi) is 5.09. The number of aromatic nitrogens is 3. The van der Waals surface area contributed by atoms with Crippen LogP contribution in [0.4, 0.5) is 0 Å². The smallest absolute Gasteiger partial charge is 0.266 e. The molecule has 4 aromatic rings. The number of hydrogen-bond acceptors (Lipinski definition) is 4. The van der Waals surface area contributed by atoms with Gasteiger partial charge < -0.3 is 5.11 Å². The van der Waals surface area contributed by atoms with Crippen molar-refractivity contribution in [2.24, 2.45) is 0 Å². The van der Waals surface area contributed by atoms with Crippen LogP contribution in [0, 0.1) is 6.92 Å². The lowest BCUT2D eigenvalue weighted by molar-refractivity contribution is 0.511. The van der Waals surface area contributed by atoms with Gasteiger partial charge in [-0.2, -0.15) is 0 Å². The van der Waals surface area contributed by atoms with Gasteiger partial charge in [-0.3, -0.25) is 9.36 Å². The van der Waals surface area contributed by atoms with E-state index in [4.69, 9.17) is 23.2 Å². The van der Waals surface area contributed by atoms with Gasteiger partial charge in [0.15, 0.2) is 0 Å². The molecule has 0 fully saturated rings. The van der Waals surface area contributed by atoms with E-state index in [-0.39, 0.29) is 17.1 Å². The highest BCUT2D eigenvalue weighted by Gasteiger charge is 2.17. The zero-order chi connectivity index (χ0) is 20.5. The van der Waals surface area contributed by atoms with Crippen molar-refractivity contribution in [2.45, 2.75) is 6.92 Å². The first-order valence-corrected chi connectivity index (χ1v) is 9.52. The maximum Gasteiger partial charge on any atom is 0.266 e. The number of halogens is 2. The van der Waals surface area contributed by atoms with E-state index >= 15 is 0 Å². The van der Waals surface area contributed by atoms with Crippen LogP contribution >= 0.6 is 23.2 Å². The highest BCUT2D eigenvalue weighted by molar-refractivity contribution is 6.37. The van der Waals surface area contributed by atoms with Gasteiger partial charge in [0.25, 0.3) is 5.56 Å². The van der Waals surface area contributed by atoms with Crippen molar-refractivity contribution >= 4 is 45.9 Å². The lowest BCUT2D eigenvalue weighted by atomic mass is 10.2. The molecule has 29 heavy (non-hydrogen) atoms. The highest BCUT2D eigenvalue weighted by Crippen LogP contribution is 2.29. The average molecular weight is 424 g/mol. The Morgan fingerprint density at radius 3 is 2.38 bits per heavy atom. The minimum absolute atomic E-state index is 0.132. The summed E-state index contributed by atoms with van der Waals surface area (Å²) in [5, 5.41) is 11.6. The molecule has 0 atom stereocenters. The summed E-state index contributed by atoms with van der Waals surface area (Å²) in [6.45, 7) is 1.82. The molecular formula is C22H15Cl2N3O2. The predicted molar refractivity (Wildman–Crippen MR) is 117 cm³/mol. The summed E-state index contributed by atoms with van der Waals surface area (Å²) >= 11 is 12.7. The molecule has 0 saturated heterocycles. The number of rotatable bonds is 3. The van der Waals surface area contributed by atoms with E-state index in [1.54, 1.807) is 54.6 Å². The molecule has 4 rings (SSSR count). The van der Waals surface area contributed by atoms with E-state index in [0.29, 0.717) is 32.3 Å². The van der Waals surface area contributed by atoms with Crippen molar-refractivity contribution in [1.82, 2.24) is 14.5 Å². The Balaban J connectivity index is 2.05. The first kappa shape index (κ1) is 19.2. The molecule has 0 aliphatic rings. The Morgan fingerprint density at radius 1 is 0.966 bits per heavy atom. The van der Waals surface area contributed by atoms with Gasteiger partial charge in [-0.25, -0.2) is 9.97 Å². The van der Waals surface area contributed by atoms with Crippen LogP contribution in [-0.4, -0.2) is 19.6 Å². The van der Waals surface area contributed by atoms with Gasteiger partial charge in [-0.05, 0) is 43.3 Å². The molecule has 2 aromatic heterocycles. The lowest BCUT2D eigenvalue weighted by Crippen LogP contribution is -2.23. The second kappa shape index (κ2) is 7.70. The van der Waals surface area contributed by atoms with Crippen molar-refractivity contribution in [1.29, 1.82) is 0 Å². The Morgan fingerprint density at radius 2 is 1.66 bits per heavy atom. The standard InChI is InChI=1S/C22H15Cl2N3O2/c1-13-6-4-11-18(25-13)19(28)12-20-26-17-10-3-2-7-14(17)22(29)27(20)21-15(23)8-5-9-16(21)24/h2-12,28H,1H3. The fourth-order valence-corrected chi connectivity index (χ4v) is 3.61. The molecule has 0 amide bonds. The zero-order valence-corrected chi connectivity index (χ0v) is 16.8. The molecular weight excluding hydrogens is 409 g/mol. The van der Waals surface area contributed by atoms with Gasteiger partial charge in [0.2, 0.25) is 0 Å². The van der Waals surface area contributed by atoms with Crippen LogP contribution in [0.25, 0.3) is 28.4 Å². The molecule has 0 aliphatic carbocycles. The molecule has 0 spiro atoms. The summed E-state index contributed by atoms with van der Waals surface area (Å²) in [7, 11) is 0.